The summed E-state index contributed by atoms with van der Waals surface area (Å²) in [6.45, 7) is 2.89. The summed E-state index contributed by atoms with van der Waals surface area (Å²) < 4.78 is 0.976. The van der Waals surface area contributed by atoms with E-state index in [0.29, 0.717) is 6.54 Å². The molecule has 1 aromatic rings. The number of rotatable bonds is 5. The van der Waals surface area contributed by atoms with Crippen LogP contribution in [0.15, 0.2) is 22.7 Å². The molecule has 0 unspecified atom stereocenters. The van der Waals surface area contributed by atoms with Crippen molar-refractivity contribution in [3.8, 4) is 5.75 Å². The van der Waals surface area contributed by atoms with Gasteiger partial charge in [0.25, 0.3) is 0 Å². The Morgan fingerprint density at radius 1 is 1.47 bits per heavy atom. The van der Waals surface area contributed by atoms with Crippen LogP contribution in [0.5, 0.6) is 5.75 Å². The zero-order valence-electron chi connectivity index (χ0n) is 8.70. The van der Waals surface area contributed by atoms with E-state index in [1.165, 1.54) is 0 Å². The van der Waals surface area contributed by atoms with E-state index in [0.717, 1.165) is 16.5 Å². The Bertz CT molecular complexity index is 317. The number of aliphatic hydroxyl groups excluding tert-OH is 1. The average molecular weight is 274 g/mol. The van der Waals surface area contributed by atoms with Crippen LogP contribution in [0, 0.1) is 0 Å². The van der Waals surface area contributed by atoms with E-state index in [1.54, 1.807) is 12.1 Å². The molecule has 0 heterocycles. The van der Waals surface area contributed by atoms with Gasteiger partial charge in [0.05, 0.1) is 0 Å². The fourth-order valence-electron chi connectivity index (χ4n) is 1.28. The number of benzene rings is 1. The lowest BCUT2D eigenvalue weighted by atomic mass is 10.2. The Balaban J connectivity index is 2.53. The van der Waals surface area contributed by atoms with Gasteiger partial charge in [0.1, 0.15) is 5.75 Å². The number of halogens is 1. The first-order valence-corrected chi connectivity index (χ1v) is 5.74. The maximum atomic E-state index is 9.32. The molecule has 4 heteroatoms. The quantitative estimate of drug-likeness (QED) is 0.770. The molecule has 0 fully saturated rings. The van der Waals surface area contributed by atoms with Crippen molar-refractivity contribution in [1.82, 2.24) is 5.32 Å². The van der Waals surface area contributed by atoms with Crippen LogP contribution < -0.4 is 5.32 Å². The largest absolute Gasteiger partial charge is 0.508 e. The normalized spacial score (nSPS) is 12.7. The molecular weight excluding hydrogens is 258 g/mol. The highest BCUT2D eigenvalue weighted by atomic mass is 79.9. The Kier molecular flexibility index (Phi) is 5.08. The van der Waals surface area contributed by atoms with Crippen LogP contribution in [-0.2, 0) is 6.54 Å². The number of aromatic hydroxyl groups is 1. The van der Waals surface area contributed by atoms with E-state index < -0.39 is 0 Å². The Labute approximate surface area is 98.3 Å². The zero-order valence-corrected chi connectivity index (χ0v) is 10.3. The maximum Gasteiger partial charge on any atom is 0.115 e. The van der Waals surface area contributed by atoms with Crippen LogP contribution >= 0.6 is 15.9 Å². The van der Waals surface area contributed by atoms with Crippen LogP contribution in [0.25, 0.3) is 0 Å². The van der Waals surface area contributed by atoms with E-state index >= 15 is 0 Å². The van der Waals surface area contributed by atoms with Crippen LogP contribution in [0.3, 0.4) is 0 Å². The summed E-state index contributed by atoms with van der Waals surface area (Å²) in [5.74, 6) is 0.268. The zero-order chi connectivity index (χ0) is 11.3. The second kappa shape index (κ2) is 6.10. The first-order chi connectivity index (χ1) is 7.13. The summed E-state index contributed by atoms with van der Waals surface area (Å²) in [7, 11) is 0. The molecule has 0 saturated carbocycles. The first kappa shape index (κ1) is 12.5. The Morgan fingerprint density at radius 2 is 2.20 bits per heavy atom. The van der Waals surface area contributed by atoms with Crippen molar-refractivity contribution < 1.29 is 10.2 Å². The first-order valence-electron chi connectivity index (χ1n) is 4.95. The molecule has 0 aliphatic heterocycles. The van der Waals surface area contributed by atoms with Gasteiger partial charge in [-0.25, -0.2) is 0 Å². The Morgan fingerprint density at radius 3 is 2.87 bits per heavy atom. The summed E-state index contributed by atoms with van der Waals surface area (Å²) in [4.78, 5) is 0. The van der Waals surface area contributed by atoms with Gasteiger partial charge >= 0.3 is 0 Å². The van der Waals surface area contributed by atoms with Crippen LogP contribution in [0.4, 0.5) is 0 Å². The predicted molar refractivity (Wildman–Crippen MR) is 63.8 cm³/mol. The number of aliphatic hydroxyl groups is 1. The van der Waals surface area contributed by atoms with Crippen molar-refractivity contribution in [2.45, 2.75) is 25.9 Å². The fourth-order valence-corrected chi connectivity index (χ4v) is 1.66. The highest BCUT2D eigenvalue weighted by Gasteiger charge is 2.04. The molecule has 0 saturated heterocycles. The molecule has 0 aliphatic carbocycles. The van der Waals surface area contributed by atoms with E-state index in [2.05, 4.69) is 21.2 Å². The molecule has 1 atom stereocenters. The van der Waals surface area contributed by atoms with Gasteiger partial charge in [0.15, 0.2) is 0 Å². The number of hydrogen-bond donors (Lipinski definition) is 3. The summed E-state index contributed by atoms with van der Waals surface area (Å²) in [5.41, 5.74) is 1.01. The van der Waals surface area contributed by atoms with Gasteiger partial charge in [0.2, 0.25) is 0 Å². The molecule has 0 radical (unpaired) electrons. The van der Waals surface area contributed by atoms with Gasteiger partial charge in [0, 0.05) is 23.7 Å². The monoisotopic (exact) mass is 273 g/mol. The van der Waals surface area contributed by atoms with E-state index in [1.807, 2.05) is 13.0 Å². The molecule has 0 spiro atoms. The third-order valence-corrected chi connectivity index (χ3v) is 3.01. The standard InChI is InChI=1S/C11H16BrNO2/c1-8(4-5-14)13-7-9-6-10(15)2-3-11(9)12/h2-3,6,8,13-15H,4-5,7H2,1H3/t8-/m1/s1. The van der Waals surface area contributed by atoms with Crippen molar-refractivity contribution >= 4 is 15.9 Å². The fraction of sp³-hybridized carbons (Fsp3) is 0.455. The van der Waals surface area contributed by atoms with Gasteiger partial charge in [-0.15, -0.1) is 0 Å². The van der Waals surface area contributed by atoms with Crippen LogP contribution in [0.1, 0.15) is 18.9 Å². The Hall–Kier alpha value is -0.580. The van der Waals surface area contributed by atoms with Crippen molar-refractivity contribution in [3.63, 3.8) is 0 Å². The molecule has 1 aromatic carbocycles. The molecule has 84 valence electrons. The van der Waals surface area contributed by atoms with E-state index in [9.17, 15) is 5.11 Å². The lowest BCUT2D eigenvalue weighted by Gasteiger charge is -2.13. The highest BCUT2D eigenvalue weighted by Crippen LogP contribution is 2.21. The lowest BCUT2D eigenvalue weighted by Crippen LogP contribution is -2.26. The second-order valence-electron chi connectivity index (χ2n) is 3.57. The summed E-state index contributed by atoms with van der Waals surface area (Å²) in [6.07, 6.45) is 0.733. The number of nitrogens with one attached hydrogen (secondary N) is 1. The van der Waals surface area contributed by atoms with Gasteiger partial charge in [-0.05, 0) is 37.1 Å². The molecule has 0 amide bonds. The van der Waals surface area contributed by atoms with Gasteiger partial charge in [-0.3, -0.25) is 0 Å². The van der Waals surface area contributed by atoms with Crippen LogP contribution in [0.2, 0.25) is 0 Å². The minimum absolute atomic E-state index is 0.190. The molecule has 15 heavy (non-hydrogen) atoms. The van der Waals surface area contributed by atoms with Crippen molar-refractivity contribution in [1.29, 1.82) is 0 Å². The van der Waals surface area contributed by atoms with Gasteiger partial charge < -0.3 is 15.5 Å². The SMILES string of the molecule is C[C@H](CCO)NCc1cc(O)ccc1Br. The molecule has 3 N–H and O–H groups in total. The average Bonchev–Trinajstić information content (AvgIpc) is 2.20. The van der Waals surface area contributed by atoms with E-state index in [-0.39, 0.29) is 18.4 Å². The smallest absolute Gasteiger partial charge is 0.115 e. The molecule has 0 aliphatic rings. The molecule has 0 aromatic heterocycles. The summed E-state index contributed by atoms with van der Waals surface area (Å²) >= 11 is 3.42. The van der Waals surface area contributed by atoms with Crippen molar-refractivity contribution in [3.05, 3.63) is 28.2 Å². The minimum Gasteiger partial charge on any atom is -0.508 e. The van der Waals surface area contributed by atoms with E-state index in [4.69, 9.17) is 5.11 Å². The lowest BCUT2D eigenvalue weighted by molar-refractivity contribution is 0.268. The summed E-state index contributed by atoms with van der Waals surface area (Å²) in [6, 6.07) is 5.46. The molecular formula is C11H16BrNO2. The molecule has 0 bridgehead atoms. The third kappa shape index (κ3) is 4.20. The highest BCUT2D eigenvalue weighted by molar-refractivity contribution is 9.10. The second-order valence-corrected chi connectivity index (χ2v) is 4.42. The van der Waals surface area contributed by atoms with Gasteiger partial charge in [-0.1, -0.05) is 15.9 Å². The number of phenolic OH excluding ortho intramolecular Hbond substituents is 1. The van der Waals surface area contributed by atoms with Crippen molar-refractivity contribution in [2.24, 2.45) is 0 Å². The molecule has 1 rings (SSSR count). The van der Waals surface area contributed by atoms with Gasteiger partial charge in [-0.2, -0.15) is 0 Å². The predicted octanol–water partition coefficient (Wildman–Crippen LogP) is 2.02. The third-order valence-electron chi connectivity index (χ3n) is 2.23. The summed E-state index contributed by atoms with van der Waals surface area (Å²) in [5, 5.41) is 21.3. The van der Waals surface area contributed by atoms with Crippen molar-refractivity contribution in [2.75, 3.05) is 6.61 Å². The van der Waals surface area contributed by atoms with Crippen LogP contribution in [-0.4, -0.2) is 22.9 Å². The number of phenols is 1. The topological polar surface area (TPSA) is 52.5 Å². The molecule has 3 nitrogen and oxygen atoms in total. The maximum absolute atomic E-state index is 9.32. The minimum atomic E-state index is 0.190. The number of hydrogen-bond acceptors (Lipinski definition) is 3.